The molecule has 4 nitrogen and oxygen atoms in total. The Morgan fingerprint density at radius 1 is 1.14 bits per heavy atom. The highest BCUT2D eigenvalue weighted by Crippen LogP contribution is 2.20. The summed E-state index contributed by atoms with van der Waals surface area (Å²) in [5.41, 5.74) is 2.80. The summed E-state index contributed by atoms with van der Waals surface area (Å²) < 4.78 is 5.55. The summed E-state index contributed by atoms with van der Waals surface area (Å²) in [6.07, 6.45) is -0.604. The van der Waals surface area contributed by atoms with E-state index in [0.717, 1.165) is 22.4 Å². The van der Waals surface area contributed by atoms with Crippen molar-refractivity contribution in [1.29, 1.82) is 0 Å². The van der Waals surface area contributed by atoms with Crippen LogP contribution in [0.3, 0.4) is 0 Å². The molecular formula is C18H23NO3. The molecule has 2 aromatic carbocycles. The molecule has 2 rings (SSSR count). The average molecular weight is 301 g/mol. The first kappa shape index (κ1) is 16.3. The van der Waals surface area contributed by atoms with Gasteiger partial charge in [-0.1, -0.05) is 30.3 Å². The smallest absolute Gasteiger partial charge is 0.122 e. The lowest BCUT2D eigenvalue weighted by Gasteiger charge is -2.14. The van der Waals surface area contributed by atoms with Gasteiger partial charge < -0.3 is 20.3 Å². The van der Waals surface area contributed by atoms with Gasteiger partial charge in [0.25, 0.3) is 0 Å². The molecule has 0 aliphatic heterocycles. The van der Waals surface area contributed by atoms with Crippen molar-refractivity contribution in [3.8, 4) is 11.5 Å². The van der Waals surface area contributed by atoms with Crippen LogP contribution in [-0.4, -0.2) is 29.5 Å². The molecular weight excluding hydrogens is 278 g/mol. The monoisotopic (exact) mass is 301 g/mol. The van der Waals surface area contributed by atoms with Crippen LogP contribution >= 0.6 is 0 Å². The Hall–Kier alpha value is -2.04. The Balaban J connectivity index is 1.74. The second-order valence-electron chi connectivity index (χ2n) is 5.49. The molecule has 22 heavy (non-hydrogen) atoms. The van der Waals surface area contributed by atoms with E-state index in [1.165, 1.54) is 0 Å². The Bertz CT molecular complexity index is 613. The van der Waals surface area contributed by atoms with E-state index >= 15 is 0 Å². The number of hydrogen-bond donors (Lipinski definition) is 3. The number of aliphatic hydroxyl groups excluding tert-OH is 1. The molecule has 3 N–H and O–H groups in total. The Morgan fingerprint density at radius 2 is 1.91 bits per heavy atom. The summed E-state index contributed by atoms with van der Waals surface area (Å²) in [7, 11) is 0. The van der Waals surface area contributed by atoms with E-state index in [0.29, 0.717) is 18.8 Å². The summed E-state index contributed by atoms with van der Waals surface area (Å²) in [4.78, 5) is 0. The van der Waals surface area contributed by atoms with Crippen LogP contribution in [0, 0.1) is 13.8 Å². The van der Waals surface area contributed by atoms with Crippen LogP contribution in [-0.2, 0) is 6.54 Å². The van der Waals surface area contributed by atoms with Gasteiger partial charge in [0.1, 0.15) is 24.2 Å². The second-order valence-corrected chi connectivity index (χ2v) is 5.49. The van der Waals surface area contributed by atoms with E-state index in [-0.39, 0.29) is 6.61 Å². The number of rotatable bonds is 7. The molecule has 1 unspecified atom stereocenters. The summed E-state index contributed by atoms with van der Waals surface area (Å²) in [6, 6.07) is 13.4. The topological polar surface area (TPSA) is 61.7 Å². The maximum Gasteiger partial charge on any atom is 0.122 e. The standard InChI is InChI=1S/C18H23NO3/c1-13-5-3-8-17(9-13)22-12-16(20)11-19-10-15-7-4-6-14(2)18(15)21/h3-9,16,19-21H,10-12H2,1-2H3. The zero-order valence-electron chi connectivity index (χ0n) is 13.0. The predicted octanol–water partition coefficient (Wildman–Crippen LogP) is 2.54. The Kier molecular flexibility index (Phi) is 5.81. The molecule has 0 aliphatic carbocycles. The van der Waals surface area contributed by atoms with Crippen LogP contribution in [0.25, 0.3) is 0 Å². The molecule has 0 heterocycles. The molecule has 1 atom stereocenters. The number of aryl methyl sites for hydroxylation is 2. The summed E-state index contributed by atoms with van der Waals surface area (Å²) in [5, 5.41) is 23.0. The largest absolute Gasteiger partial charge is 0.507 e. The Morgan fingerprint density at radius 3 is 2.68 bits per heavy atom. The number of nitrogens with one attached hydrogen (secondary N) is 1. The third-order valence-corrected chi connectivity index (χ3v) is 3.45. The number of phenolic OH excluding ortho intramolecular Hbond substituents is 1. The van der Waals surface area contributed by atoms with Gasteiger partial charge in [-0.25, -0.2) is 0 Å². The number of aromatic hydroxyl groups is 1. The molecule has 0 amide bonds. The lowest BCUT2D eigenvalue weighted by Crippen LogP contribution is -2.31. The number of benzene rings is 2. The lowest BCUT2D eigenvalue weighted by molar-refractivity contribution is 0.106. The number of ether oxygens (including phenoxy) is 1. The lowest BCUT2D eigenvalue weighted by atomic mass is 10.1. The molecule has 2 aromatic rings. The number of aliphatic hydroxyl groups is 1. The number of phenols is 1. The minimum absolute atomic E-state index is 0.232. The van der Waals surface area contributed by atoms with Crippen molar-refractivity contribution in [2.75, 3.05) is 13.2 Å². The van der Waals surface area contributed by atoms with Crippen LogP contribution in [0.15, 0.2) is 42.5 Å². The third kappa shape index (κ3) is 4.76. The van der Waals surface area contributed by atoms with E-state index in [4.69, 9.17) is 4.74 Å². The van der Waals surface area contributed by atoms with E-state index in [9.17, 15) is 10.2 Å². The number of hydrogen-bond acceptors (Lipinski definition) is 4. The predicted molar refractivity (Wildman–Crippen MR) is 87.2 cm³/mol. The van der Waals surface area contributed by atoms with Crippen molar-refractivity contribution in [3.05, 3.63) is 59.2 Å². The fraction of sp³-hybridized carbons (Fsp3) is 0.333. The van der Waals surface area contributed by atoms with Gasteiger partial charge in [0, 0.05) is 18.7 Å². The van der Waals surface area contributed by atoms with Crippen LogP contribution in [0.5, 0.6) is 11.5 Å². The fourth-order valence-electron chi connectivity index (χ4n) is 2.19. The van der Waals surface area contributed by atoms with Crippen LogP contribution in [0.4, 0.5) is 0 Å². The molecule has 4 heteroatoms. The van der Waals surface area contributed by atoms with Gasteiger partial charge in [0.05, 0.1) is 0 Å². The molecule has 0 spiro atoms. The SMILES string of the molecule is Cc1cccc(OCC(O)CNCc2cccc(C)c2O)c1. The summed E-state index contributed by atoms with van der Waals surface area (Å²) in [6.45, 7) is 5.01. The van der Waals surface area contributed by atoms with Crippen molar-refractivity contribution >= 4 is 0 Å². The van der Waals surface area contributed by atoms with Gasteiger partial charge >= 0.3 is 0 Å². The molecule has 0 saturated heterocycles. The van der Waals surface area contributed by atoms with Crippen molar-refractivity contribution in [3.63, 3.8) is 0 Å². The van der Waals surface area contributed by atoms with E-state index in [1.807, 2.05) is 56.3 Å². The highest BCUT2D eigenvalue weighted by Gasteiger charge is 2.07. The third-order valence-electron chi connectivity index (χ3n) is 3.45. The maximum absolute atomic E-state index is 9.93. The molecule has 0 bridgehead atoms. The van der Waals surface area contributed by atoms with Gasteiger partial charge in [-0.15, -0.1) is 0 Å². The molecule has 0 saturated carbocycles. The molecule has 0 radical (unpaired) electrons. The van der Waals surface area contributed by atoms with Crippen LogP contribution in [0.1, 0.15) is 16.7 Å². The minimum atomic E-state index is -0.604. The molecule has 0 aliphatic rings. The molecule has 0 aromatic heterocycles. The molecule has 118 valence electrons. The van der Waals surface area contributed by atoms with Crippen molar-refractivity contribution in [2.24, 2.45) is 0 Å². The highest BCUT2D eigenvalue weighted by atomic mass is 16.5. The molecule has 0 fully saturated rings. The quantitative estimate of drug-likeness (QED) is 0.735. The van der Waals surface area contributed by atoms with Gasteiger partial charge in [0.15, 0.2) is 0 Å². The van der Waals surface area contributed by atoms with E-state index < -0.39 is 6.10 Å². The Labute approximate surface area is 131 Å². The first-order chi connectivity index (χ1) is 10.6. The zero-order chi connectivity index (χ0) is 15.9. The van der Waals surface area contributed by atoms with Crippen molar-refractivity contribution < 1.29 is 14.9 Å². The highest BCUT2D eigenvalue weighted by molar-refractivity contribution is 5.39. The first-order valence-electron chi connectivity index (χ1n) is 7.42. The number of para-hydroxylation sites is 1. The van der Waals surface area contributed by atoms with E-state index in [1.54, 1.807) is 0 Å². The van der Waals surface area contributed by atoms with Crippen LogP contribution in [0.2, 0.25) is 0 Å². The van der Waals surface area contributed by atoms with Crippen molar-refractivity contribution in [1.82, 2.24) is 5.32 Å². The van der Waals surface area contributed by atoms with E-state index in [2.05, 4.69) is 5.32 Å². The van der Waals surface area contributed by atoms with Gasteiger partial charge in [-0.2, -0.15) is 0 Å². The summed E-state index contributed by atoms with van der Waals surface area (Å²) >= 11 is 0. The maximum atomic E-state index is 9.93. The fourth-order valence-corrected chi connectivity index (χ4v) is 2.19. The van der Waals surface area contributed by atoms with Gasteiger partial charge in [-0.3, -0.25) is 0 Å². The summed E-state index contributed by atoms with van der Waals surface area (Å²) in [5.74, 6) is 1.07. The van der Waals surface area contributed by atoms with Crippen molar-refractivity contribution in [2.45, 2.75) is 26.5 Å². The first-order valence-corrected chi connectivity index (χ1v) is 7.42. The van der Waals surface area contributed by atoms with Gasteiger partial charge in [-0.05, 0) is 37.1 Å². The van der Waals surface area contributed by atoms with Crippen LogP contribution < -0.4 is 10.1 Å². The average Bonchev–Trinajstić information content (AvgIpc) is 2.49. The second kappa shape index (κ2) is 7.82. The zero-order valence-corrected chi connectivity index (χ0v) is 13.0. The normalized spacial score (nSPS) is 12.1. The van der Waals surface area contributed by atoms with Gasteiger partial charge in [0.2, 0.25) is 0 Å². The minimum Gasteiger partial charge on any atom is -0.507 e.